The van der Waals surface area contributed by atoms with Crippen LogP contribution < -0.4 is 5.56 Å². The quantitative estimate of drug-likeness (QED) is 0.608. The van der Waals surface area contributed by atoms with Gasteiger partial charge in [0.05, 0.1) is 0 Å². The lowest BCUT2D eigenvalue weighted by Gasteiger charge is -2.14. The maximum Gasteiger partial charge on any atom is 0.357 e. The first-order valence-electron chi connectivity index (χ1n) is 4.88. The highest BCUT2D eigenvalue weighted by Crippen LogP contribution is 2.30. The largest absolute Gasteiger partial charge is 0.370 e. The molecule has 0 saturated carbocycles. The van der Waals surface area contributed by atoms with Gasteiger partial charge in [0.2, 0.25) is 0 Å². The second kappa shape index (κ2) is 4.67. The van der Waals surface area contributed by atoms with E-state index in [1.807, 2.05) is 27.7 Å². The molecule has 4 nitrogen and oxygen atoms in total. The summed E-state index contributed by atoms with van der Waals surface area (Å²) in [5, 5.41) is -0.918. The van der Waals surface area contributed by atoms with Crippen molar-refractivity contribution in [2.75, 3.05) is 5.75 Å². The lowest BCUT2D eigenvalue weighted by molar-refractivity contribution is 0.216. The average Bonchev–Trinajstić information content (AvgIpc) is 2.44. The minimum atomic E-state index is -0.918. The van der Waals surface area contributed by atoms with Crippen LogP contribution in [0.25, 0.3) is 0 Å². The number of carbonyl (C=O) groups excluding carboxylic acids is 1. The fourth-order valence-electron chi connectivity index (χ4n) is 1.23. The van der Waals surface area contributed by atoms with Crippen molar-refractivity contribution in [2.45, 2.75) is 38.0 Å². The molecule has 0 atom stereocenters. The summed E-state index contributed by atoms with van der Waals surface area (Å²) in [5.74, 6) is 1.23. The highest BCUT2D eigenvalue weighted by atomic mass is 35.5. The van der Waals surface area contributed by atoms with Gasteiger partial charge < -0.3 is 4.52 Å². The van der Waals surface area contributed by atoms with Crippen molar-refractivity contribution >= 4 is 28.7 Å². The third-order valence-electron chi connectivity index (χ3n) is 1.90. The Bertz CT molecular complexity index is 456. The Morgan fingerprint density at radius 3 is 2.44 bits per heavy atom. The molecule has 0 saturated heterocycles. The van der Waals surface area contributed by atoms with Crippen molar-refractivity contribution in [1.82, 2.24) is 4.74 Å². The lowest BCUT2D eigenvalue weighted by Crippen LogP contribution is -2.18. The van der Waals surface area contributed by atoms with Gasteiger partial charge in [-0.15, -0.1) is 11.8 Å². The number of carbonyl (C=O) groups is 1. The lowest BCUT2D eigenvalue weighted by atomic mass is 9.93. The Labute approximate surface area is 103 Å². The maximum atomic E-state index is 11.8. The van der Waals surface area contributed by atoms with Gasteiger partial charge in [0.25, 0.3) is 0 Å². The molecule has 0 aliphatic carbocycles. The van der Waals surface area contributed by atoms with E-state index in [9.17, 15) is 9.59 Å². The van der Waals surface area contributed by atoms with E-state index in [1.165, 1.54) is 11.8 Å². The van der Waals surface area contributed by atoms with E-state index in [0.29, 0.717) is 15.4 Å². The number of aromatic nitrogens is 1. The molecule has 0 bridgehead atoms. The molecule has 0 N–H and O–H groups in total. The zero-order valence-corrected chi connectivity index (χ0v) is 11.2. The predicted molar refractivity (Wildman–Crippen MR) is 64.7 cm³/mol. The summed E-state index contributed by atoms with van der Waals surface area (Å²) in [6.07, 6.45) is 0. The second-order valence-electron chi connectivity index (χ2n) is 4.29. The van der Waals surface area contributed by atoms with Crippen LogP contribution in [0.15, 0.2) is 14.2 Å². The highest BCUT2D eigenvalue weighted by Gasteiger charge is 2.29. The van der Waals surface area contributed by atoms with E-state index >= 15 is 0 Å². The zero-order chi connectivity index (χ0) is 12.5. The third kappa shape index (κ3) is 2.52. The standard InChI is InChI=1S/C10H14ClNO3S/c1-5-16-6-7(10(2,3)4)15-12(8(6)13)9(11)14/h5H2,1-4H3. The smallest absolute Gasteiger partial charge is 0.357 e. The van der Waals surface area contributed by atoms with Crippen LogP contribution in [0.4, 0.5) is 4.79 Å². The molecule has 0 aromatic carbocycles. The first-order valence-corrected chi connectivity index (χ1v) is 6.24. The summed E-state index contributed by atoms with van der Waals surface area (Å²) < 4.78 is 5.82. The van der Waals surface area contributed by atoms with Gasteiger partial charge in [-0.05, 0) is 17.4 Å². The molecular weight excluding hydrogens is 250 g/mol. The van der Waals surface area contributed by atoms with Crippen LogP contribution in [0.2, 0.25) is 0 Å². The molecule has 1 rings (SSSR count). The number of hydrogen-bond donors (Lipinski definition) is 0. The van der Waals surface area contributed by atoms with E-state index < -0.39 is 10.9 Å². The average molecular weight is 264 g/mol. The summed E-state index contributed by atoms with van der Waals surface area (Å²) in [5.41, 5.74) is -0.814. The van der Waals surface area contributed by atoms with Crippen LogP contribution in [0, 0.1) is 0 Å². The van der Waals surface area contributed by atoms with Crippen molar-refractivity contribution in [3.63, 3.8) is 0 Å². The highest BCUT2D eigenvalue weighted by molar-refractivity contribution is 7.99. The molecule has 90 valence electrons. The summed E-state index contributed by atoms with van der Waals surface area (Å²) in [6.45, 7) is 7.66. The molecule has 0 aliphatic rings. The van der Waals surface area contributed by atoms with E-state index in [-0.39, 0.29) is 5.41 Å². The van der Waals surface area contributed by atoms with Crippen molar-refractivity contribution < 1.29 is 9.32 Å². The Hall–Kier alpha value is -0.680. The Kier molecular flexibility index (Phi) is 3.91. The van der Waals surface area contributed by atoms with Gasteiger partial charge in [0.15, 0.2) is 5.76 Å². The van der Waals surface area contributed by atoms with Crippen LogP contribution in [-0.4, -0.2) is 15.9 Å². The number of hydrogen-bond acceptors (Lipinski definition) is 4. The minimum Gasteiger partial charge on any atom is -0.370 e. The molecule has 0 aliphatic heterocycles. The first-order chi connectivity index (χ1) is 7.29. The number of halogens is 1. The van der Waals surface area contributed by atoms with Gasteiger partial charge >= 0.3 is 10.9 Å². The van der Waals surface area contributed by atoms with E-state index in [4.69, 9.17) is 16.1 Å². The molecule has 0 unspecified atom stereocenters. The number of nitrogens with zero attached hydrogens (tertiary/aromatic N) is 1. The third-order valence-corrected chi connectivity index (χ3v) is 2.99. The first kappa shape index (κ1) is 13.4. The molecular formula is C10H14ClNO3S. The SMILES string of the molecule is CCSc1c(C(C)(C)C)on(C(=O)Cl)c1=O. The molecule has 0 fully saturated rings. The topological polar surface area (TPSA) is 52.2 Å². The Balaban J connectivity index is 3.43. The molecule has 0 amide bonds. The Morgan fingerprint density at radius 2 is 2.06 bits per heavy atom. The monoisotopic (exact) mass is 263 g/mol. The van der Waals surface area contributed by atoms with Crippen molar-refractivity contribution in [3.05, 3.63) is 16.1 Å². The fourth-order valence-corrected chi connectivity index (χ4v) is 2.31. The maximum absolute atomic E-state index is 11.8. The van der Waals surface area contributed by atoms with Crippen molar-refractivity contribution in [1.29, 1.82) is 0 Å². The fraction of sp³-hybridized carbons (Fsp3) is 0.600. The molecule has 6 heteroatoms. The predicted octanol–water partition coefficient (Wildman–Crippen LogP) is 3.06. The summed E-state index contributed by atoms with van der Waals surface area (Å²) in [4.78, 5) is 23.3. The number of thioether (sulfide) groups is 1. The van der Waals surface area contributed by atoms with Crippen LogP contribution in [0.1, 0.15) is 33.5 Å². The minimum absolute atomic E-state index is 0.339. The number of rotatable bonds is 2. The zero-order valence-electron chi connectivity index (χ0n) is 9.67. The van der Waals surface area contributed by atoms with Gasteiger partial charge in [-0.2, -0.15) is 0 Å². The summed E-state index contributed by atoms with van der Waals surface area (Å²) in [6, 6.07) is 0. The van der Waals surface area contributed by atoms with Crippen LogP contribution in [0.5, 0.6) is 0 Å². The van der Waals surface area contributed by atoms with Crippen LogP contribution >= 0.6 is 23.4 Å². The van der Waals surface area contributed by atoms with Crippen molar-refractivity contribution in [2.24, 2.45) is 0 Å². The van der Waals surface area contributed by atoms with Gasteiger partial charge in [0.1, 0.15) is 4.90 Å². The normalized spacial score (nSPS) is 11.8. The van der Waals surface area contributed by atoms with Crippen LogP contribution in [0.3, 0.4) is 0 Å². The van der Waals surface area contributed by atoms with Gasteiger partial charge in [0, 0.05) is 5.41 Å². The molecule has 1 aromatic rings. The molecule has 1 heterocycles. The second-order valence-corrected chi connectivity index (χ2v) is 5.88. The van der Waals surface area contributed by atoms with Gasteiger partial charge in [-0.3, -0.25) is 9.59 Å². The van der Waals surface area contributed by atoms with E-state index in [2.05, 4.69) is 0 Å². The molecule has 16 heavy (non-hydrogen) atoms. The summed E-state index contributed by atoms with van der Waals surface area (Å²) in [7, 11) is 0. The molecule has 0 spiro atoms. The van der Waals surface area contributed by atoms with Crippen molar-refractivity contribution in [3.8, 4) is 0 Å². The molecule has 0 radical (unpaired) electrons. The van der Waals surface area contributed by atoms with Crippen LogP contribution in [-0.2, 0) is 5.41 Å². The molecule has 1 aromatic heterocycles. The van der Waals surface area contributed by atoms with E-state index in [1.54, 1.807) is 0 Å². The van der Waals surface area contributed by atoms with Gasteiger partial charge in [-0.1, -0.05) is 32.4 Å². The van der Waals surface area contributed by atoms with Gasteiger partial charge in [-0.25, -0.2) is 0 Å². The van der Waals surface area contributed by atoms with E-state index in [0.717, 1.165) is 5.75 Å². The Morgan fingerprint density at radius 1 is 1.50 bits per heavy atom. The summed E-state index contributed by atoms with van der Waals surface area (Å²) >= 11 is 6.62.